The van der Waals surface area contributed by atoms with E-state index >= 15 is 0 Å². The number of nitrogens with one attached hydrogen (secondary N) is 1. The normalized spacial score (nSPS) is 11.1. The van der Waals surface area contributed by atoms with Crippen LogP contribution in [0.15, 0.2) is 36.4 Å². The monoisotopic (exact) mass is 359 g/mol. The van der Waals surface area contributed by atoms with Crippen molar-refractivity contribution in [2.24, 2.45) is 0 Å². The standard InChI is InChI=1S/C16H10F5NO3/c1-25-15(24)10-6-13(12(18)7-11(10)17)22-14(23)8-2-4-9(5-3-8)16(19,20)21/h2-7H,1H3,(H,22,23). The molecule has 0 radical (unpaired) electrons. The van der Waals surface area contributed by atoms with E-state index in [9.17, 15) is 31.5 Å². The minimum atomic E-state index is -4.56. The second-order valence-electron chi connectivity index (χ2n) is 4.83. The second-order valence-corrected chi connectivity index (χ2v) is 4.83. The summed E-state index contributed by atoms with van der Waals surface area (Å²) in [4.78, 5) is 23.4. The summed E-state index contributed by atoms with van der Waals surface area (Å²) in [6.45, 7) is 0. The Balaban J connectivity index is 2.27. The number of rotatable bonds is 3. The summed E-state index contributed by atoms with van der Waals surface area (Å²) in [6, 6.07) is 4.31. The Morgan fingerprint density at radius 1 is 1.00 bits per heavy atom. The number of halogens is 5. The Morgan fingerprint density at radius 3 is 2.12 bits per heavy atom. The number of esters is 1. The van der Waals surface area contributed by atoms with Gasteiger partial charge in [0.25, 0.3) is 5.91 Å². The average molecular weight is 359 g/mol. The third-order valence-electron chi connectivity index (χ3n) is 3.18. The Morgan fingerprint density at radius 2 is 1.60 bits per heavy atom. The highest BCUT2D eigenvalue weighted by Gasteiger charge is 2.30. The zero-order chi connectivity index (χ0) is 18.8. The smallest absolute Gasteiger partial charge is 0.416 e. The van der Waals surface area contributed by atoms with Crippen LogP contribution in [-0.2, 0) is 10.9 Å². The number of hydrogen-bond acceptors (Lipinski definition) is 3. The van der Waals surface area contributed by atoms with E-state index in [2.05, 4.69) is 10.1 Å². The molecule has 0 bridgehead atoms. The molecule has 0 fully saturated rings. The third-order valence-corrected chi connectivity index (χ3v) is 3.18. The highest BCUT2D eigenvalue weighted by molar-refractivity contribution is 6.05. The number of carbonyl (C=O) groups excluding carboxylic acids is 2. The predicted molar refractivity (Wildman–Crippen MR) is 77.1 cm³/mol. The number of methoxy groups -OCH3 is 1. The van der Waals surface area contributed by atoms with Crippen molar-refractivity contribution in [3.63, 3.8) is 0 Å². The Kier molecular flexibility index (Phi) is 5.05. The van der Waals surface area contributed by atoms with Gasteiger partial charge in [0.2, 0.25) is 0 Å². The third kappa shape index (κ3) is 4.11. The largest absolute Gasteiger partial charge is 0.465 e. The number of ether oxygens (including phenoxy) is 1. The topological polar surface area (TPSA) is 55.4 Å². The van der Waals surface area contributed by atoms with Gasteiger partial charge in [-0.05, 0) is 30.3 Å². The lowest BCUT2D eigenvalue weighted by Gasteiger charge is -2.10. The molecule has 132 valence electrons. The molecule has 0 heterocycles. The van der Waals surface area contributed by atoms with E-state index in [1.807, 2.05) is 0 Å². The fourth-order valence-corrected chi connectivity index (χ4v) is 1.92. The van der Waals surface area contributed by atoms with Gasteiger partial charge in [-0.3, -0.25) is 4.79 Å². The minimum absolute atomic E-state index is 0.184. The van der Waals surface area contributed by atoms with Crippen molar-refractivity contribution in [3.8, 4) is 0 Å². The molecule has 4 nitrogen and oxygen atoms in total. The van der Waals surface area contributed by atoms with Crippen molar-refractivity contribution in [2.45, 2.75) is 6.18 Å². The molecular weight excluding hydrogens is 349 g/mol. The maximum Gasteiger partial charge on any atom is 0.416 e. The van der Waals surface area contributed by atoms with Crippen LogP contribution in [0.5, 0.6) is 0 Å². The van der Waals surface area contributed by atoms with Crippen LogP contribution < -0.4 is 5.32 Å². The van der Waals surface area contributed by atoms with Crippen LogP contribution in [0.1, 0.15) is 26.3 Å². The highest BCUT2D eigenvalue weighted by atomic mass is 19.4. The summed E-state index contributed by atoms with van der Waals surface area (Å²) in [7, 11) is 0.992. The van der Waals surface area contributed by atoms with E-state index in [0.717, 1.165) is 25.3 Å². The lowest BCUT2D eigenvalue weighted by Crippen LogP contribution is -2.15. The molecule has 0 aromatic heterocycles. The van der Waals surface area contributed by atoms with Crippen LogP contribution in [0.3, 0.4) is 0 Å². The van der Waals surface area contributed by atoms with Gasteiger partial charge in [-0.15, -0.1) is 0 Å². The van der Waals surface area contributed by atoms with Crippen LogP contribution in [-0.4, -0.2) is 19.0 Å². The van der Waals surface area contributed by atoms with E-state index in [-0.39, 0.29) is 5.56 Å². The number of benzene rings is 2. The lowest BCUT2D eigenvalue weighted by molar-refractivity contribution is -0.137. The van der Waals surface area contributed by atoms with Crippen LogP contribution >= 0.6 is 0 Å². The van der Waals surface area contributed by atoms with Gasteiger partial charge >= 0.3 is 12.1 Å². The molecule has 0 saturated heterocycles. The van der Waals surface area contributed by atoms with Crippen LogP contribution in [0.2, 0.25) is 0 Å². The van der Waals surface area contributed by atoms with Crippen molar-refractivity contribution >= 4 is 17.6 Å². The molecule has 0 aliphatic carbocycles. The molecule has 1 amide bonds. The van der Waals surface area contributed by atoms with Crippen LogP contribution in [0, 0.1) is 11.6 Å². The van der Waals surface area contributed by atoms with E-state index in [1.165, 1.54) is 0 Å². The highest BCUT2D eigenvalue weighted by Crippen LogP contribution is 2.29. The Hall–Kier alpha value is -2.97. The first-order chi connectivity index (χ1) is 11.6. The van der Waals surface area contributed by atoms with Crippen molar-refractivity contribution in [1.82, 2.24) is 0 Å². The van der Waals surface area contributed by atoms with E-state index in [0.29, 0.717) is 18.2 Å². The van der Waals surface area contributed by atoms with Gasteiger partial charge in [0.1, 0.15) is 11.6 Å². The number of anilines is 1. The van der Waals surface area contributed by atoms with Gasteiger partial charge in [0.15, 0.2) is 0 Å². The van der Waals surface area contributed by atoms with Gasteiger partial charge in [0, 0.05) is 11.6 Å². The Labute approximate surface area is 138 Å². The maximum atomic E-state index is 13.7. The SMILES string of the molecule is COC(=O)c1cc(NC(=O)c2ccc(C(F)(F)F)cc2)c(F)cc1F. The molecule has 0 saturated carbocycles. The van der Waals surface area contributed by atoms with Crippen LogP contribution in [0.25, 0.3) is 0 Å². The van der Waals surface area contributed by atoms with Gasteiger partial charge in [-0.1, -0.05) is 0 Å². The summed E-state index contributed by atoms with van der Waals surface area (Å²) in [5.41, 5.74) is -2.26. The number of alkyl halides is 3. The van der Waals surface area contributed by atoms with Gasteiger partial charge < -0.3 is 10.1 Å². The minimum Gasteiger partial charge on any atom is -0.465 e. The summed E-state index contributed by atoms with van der Waals surface area (Å²) >= 11 is 0. The van der Waals surface area contributed by atoms with E-state index < -0.39 is 46.5 Å². The quantitative estimate of drug-likeness (QED) is 0.665. The lowest BCUT2D eigenvalue weighted by atomic mass is 10.1. The zero-order valence-corrected chi connectivity index (χ0v) is 12.6. The van der Waals surface area contributed by atoms with Crippen molar-refractivity contribution in [3.05, 3.63) is 64.7 Å². The zero-order valence-electron chi connectivity index (χ0n) is 12.6. The summed E-state index contributed by atoms with van der Waals surface area (Å²) in [5.74, 6) is -4.36. The molecule has 0 aliphatic heterocycles. The average Bonchev–Trinajstić information content (AvgIpc) is 2.55. The molecular formula is C16H10F5NO3. The van der Waals surface area contributed by atoms with Gasteiger partial charge in [-0.2, -0.15) is 13.2 Å². The second kappa shape index (κ2) is 6.88. The van der Waals surface area contributed by atoms with Gasteiger partial charge in [-0.25, -0.2) is 13.6 Å². The number of hydrogen-bond donors (Lipinski definition) is 1. The van der Waals surface area contributed by atoms with Crippen LogP contribution in [0.4, 0.5) is 27.6 Å². The molecule has 2 rings (SSSR count). The molecule has 1 N–H and O–H groups in total. The number of carbonyl (C=O) groups is 2. The molecule has 25 heavy (non-hydrogen) atoms. The van der Waals surface area contributed by atoms with Gasteiger partial charge in [0.05, 0.1) is 23.9 Å². The molecule has 0 spiro atoms. The van der Waals surface area contributed by atoms with Crippen molar-refractivity contribution < 1.29 is 36.3 Å². The van der Waals surface area contributed by atoms with Crippen molar-refractivity contribution in [2.75, 3.05) is 12.4 Å². The van der Waals surface area contributed by atoms with E-state index in [1.54, 1.807) is 0 Å². The maximum absolute atomic E-state index is 13.7. The molecule has 2 aromatic carbocycles. The summed E-state index contributed by atoms with van der Waals surface area (Å²) < 4.78 is 69.0. The molecule has 9 heteroatoms. The molecule has 0 aliphatic rings. The molecule has 2 aromatic rings. The van der Waals surface area contributed by atoms with Crippen molar-refractivity contribution in [1.29, 1.82) is 0 Å². The summed E-state index contributed by atoms with van der Waals surface area (Å²) in [6.07, 6.45) is -4.56. The first-order valence-electron chi connectivity index (χ1n) is 6.69. The molecule has 0 unspecified atom stereocenters. The fraction of sp³-hybridized carbons (Fsp3) is 0.125. The first kappa shape index (κ1) is 18.4. The fourth-order valence-electron chi connectivity index (χ4n) is 1.92. The first-order valence-corrected chi connectivity index (χ1v) is 6.69. The number of amides is 1. The van der Waals surface area contributed by atoms with E-state index in [4.69, 9.17) is 0 Å². The predicted octanol–water partition coefficient (Wildman–Crippen LogP) is 4.02. The summed E-state index contributed by atoms with van der Waals surface area (Å²) in [5, 5.41) is 2.06. The Bertz CT molecular complexity index is 816. The molecule has 0 atom stereocenters.